The maximum atomic E-state index is 11.5. The number of anilines is 1. The second-order valence-electron chi connectivity index (χ2n) is 3.59. The maximum absolute atomic E-state index is 11.5. The number of esters is 1. The predicted molar refractivity (Wildman–Crippen MR) is 64.4 cm³/mol. The van der Waals surface area contributed by atoms with Gasteiger partial charge in [-0.15, -0.1) is 0 Å². The van der Waals surface area contributed by atoms with Crippen LogP contribution in [0.2, 0.25) is 0 Å². The lowest BCUT2D eigenvalue weighted by molar-refractivity contribution is 0.0600. The molecule has 0 aromatic carbocycles. The fourth-order valence-corrected chi connectivity index (χ4v) is 1.45. The molecule has 7 heteroatoms. The van der Waals surface area contributed by atoms with Gasteiger partial charge in [-0.1, -0.05) is 0 Å². The van der Waals surface area contributed by atoms with Crippen LogP contribution < -0.4 is 5.32 Å². The lowest BCUT2D eigenvalue weighted by atomic mass is 10.2. The molecule has 1 aromatic heterocycles. The molecule has 18 heavy (non-hydrogen) atoms. The van der Waals surface area contributed by atoms with Crippen LogP contribution in [-0.4, -0.2) is 54.5 Å². The molecule has 0 radical (unpaired) electrons. The molecule has 0 amide bonds. The first-order valence-electron chi connectivity index (χ1n) is 5.47. The van der Waals surface area contributed by atoms with Gasteiger partial charge < -0.3 is 19.9 Å². The fourth-order valence-electron chi connectivity index (χ4n) is 1.45. The lowest BCUT2D eigenvalue weighted by Crippen LogP contribution is -2.27. The number of carbonyl (C=O) groups is 1. The lowest BCUT2D eigenvalue weighted by Gasteiger charge is -2.18. The van der Waals surface area contributed by atoms with Crippen molar-refractivity contribution in [2.45, 2.75) is 12.5 Å². The minimum absolute atomic E-state index is 0.0136. The predicted octanol–water partition coefficient (Wildman–Crippen LogP) is 0.0725. The Bertz CT molecular complexity index is 380. The minimum Gasteiger partial charge on any atom is -0.465 e. The third-order valence-corrected chi connectivity index (χ3v) is 2.30. The summed E-state index contributed by atoms with van der Waals surface area (Å²) in [4.78, 5) is 19.3. The van der Waals surface area contributed by atoms with Crippen LogP contribution in [-0.2, 0) is 9.47 Å². The number of rotatable bonds is 7. The van der Waals surface area contributed by atoms with E-state index in [9.17, 15) is 4.79 Å². The largest absolute Gasteiger partial charge is 0.465 e. The molecule has 0 saturated carbocycles. The molecule has 1 aromatic rings. The molecule has 100 valence electrons. The molecule has 1 atom stereocenters. The monoisotopic (exact) mass is 255 g/mol. The number of aliphatic hydroxyl groups is 1. The van der Waals surface area contributed by atoms with Gasteiger partial charge in [-0.2, -0.15) is 0 Å². The van der Waals surface area contributed by atoms with Crippen LogP contribution in [0.1, 0.15) is 16.8 Å². The summed E-state index contributed by atoms with van der Waals surface area (Å²) in [5.41, 5.74) is 0.249. The van der Waals surface area contributed by atoms with Crippen LogP contribution in [0.15, 0.2) is 12.5 Å². The number of hydrogen-bond acceptors (Lipinski definition) is 7. The van der Waals surface area contributed by atoms with Crippen molar-refractivity contribution < 1.29 is 19.4 Å². The van der Waals surface area contributed by atoms with Gasteiger partial charge in [0.25, 0.3) is 0 Å². The van der Waals surface area contributed by atoms with Crippen molar-refractivity contribution in [2.24, 2.45) is 0 Å². The number of aromatic nitrogens is 2. The summed E-state index contributed by atoms with van der Waals surface area (Å²) in [5.74, 6) is -0.148. The molecule has 0 saturated heterocycles. The van der Waals surface area contributed by atoms with Gasteiger partial charge in [0.2, 0.25) is 0 Å². The van der Waals surface area contributed by atoms with E-state index in [1.54, 1.807) is 7.11 Å². The molecule has 0 spiro atoms. The standard InChI is InChI=1S/C11H17N3O4/c1-17-6-8(3-4-15)14-10-9(11(16)18-2)5-12-7-13-10/h5,7-8,15H,3-4,6H2,1-2H3,(H,12,13,14). The Kier molecular flexibility index (Phi) is 6.03. The average Bonchev–Trinajstić information content (AvgIpc) is 2.39. The molecule has 0 aliphatic rings. The van der Waals surface area contributed by atoms with E-state index in [1.807, 2.05) is 0 Å². The van der Waals surface area contributed by atoms with E-state index in [0.29, 0.717) is 18.8 Å². The first-order valence-corrected chi connectivity index (χ1v) is 5.47. The number of aliphatic hydroxyl groups excluding tert-OH is 1. The van der Waals surface area contributed by atoms with Crippen LogP contribution in [0.3, 0.4) is 0 Å². The highest BCUT2D eigenvalue weighted by Gasteiger charge is 2.16. The number of nitrogens with zero attached hydrogens (tertiary/aromatic N) is 2. The zero-order valence-electron chi connectivity index (χ0n) is 10.4. The molecular formula is C11H17N3O4. The van der Waals surface area contributed by atoms with Crippen molar-refractivity contribution in [1.29, 1.82) is 0 Å². The van der Waals surface area contributed by atoms with Gasteiger partial charge in [0.15, 0.2) is 0 Å². The number of ether oxygens (including phenoxy) is 2. The van der Waals surface area contributed by atoms with Crippen molar-refractivity contribution in [2.75, 3.05) is 32.8 Å². The summed E-state index contributed by atoms with van der Waals surface area (Å²) < 4.78 is 9.66. The quantitative estimate of drug-likeness (QED) is 0.666. The Morgan fingerprint density at radius 3 is 2.94 bits per heavy atom. The molecule has 2 N–H and O–H groups in total. The molecule has 0 aliphatic carbocycles. The summed E-state index contributed by atoms with van der Waals surface area (Å²) in [6, 6.07) is -0.140. The maximum Gasteiger partial charge on any atom is 0.343 e. The second kappa shape index (κ2) is 7.57. The smallest absolute Gasteiger partial charge is 0.343 e. The summed E-state index contributed by atoms with van der Waals surface area (Å²) in [6.45, 7) is 0.408. The molecule has 1 unspecified atom stereocenters. The van der Waals surface area contributed by atoms with E-state index in [2.05, 4.69) is 20.0 Å². The zero-order chi connectivity index (χ0) is 13.4. The number of hydrogen-bond donors (Lipinski definition) is 2. The molecule has 0 aliphatic heterocycles. The highest BCUT2D eigenvalue weighted by Crippen LogP contribution is 2.13. The third-order valence-electron chi connectivity index (χ3n) is 2.30. The Labute approximate surface area is 105 Å². The van der Waals surface area contributed by atoms with Gasteiger partial charge >= 0.3 is 5.97 Å². The van der Waals surface area contributed by atoms with Crippen molar-refractivity contribution >= 4 is 11.8 Å². The van der Waals surface area contributed by atoms with Crippen LogP contribution >= 0.6 is 0 Å². The fraction of sp³-hybridized carbons (Fsp3) is 0.545. The number of carbonyl (C=O) groups excluding carboxylic acids is 1. The first-order chi connectivity index (χ1) is 8.72. The summed E-state index contributed by atoms with van der Waals surface area (Å²) >= 11 is 0. The van der Waals surface area contributed by atoms with E-state index in [1.165, 1.54) is 19.6 Å². The van der Waals surface area contributed by atoms with Gasteiger partial charge in [0.1, 0.15) is 17.7 Å². The molecule has 1 rings (SSSR count). The van der Waals surface area contributed by atoms with Crippen LogP contribution in [0.4, 0.5) is 5.82 Å². The molecule has 0 bridgehead atoms. The van der Waals surface area contributed by atoms with E-state index >= 15 is 0 Å². The average molecular weight is 255 g/mol. The molecule has 1 heterocycles. The van der Waals surface area contributed by atoms with Crippen LogP contribution in [0.25, 0.3) is 0 Å². The number of methoxy groups -OCH3 is 2. The Balaban J connectivity index is 2.84. The third kappa shape index (κ3) is 3.94. The summed E-state index contributed by atoms with van der Waals surface area (Å²) in [6.07, 6.45) is 3.19. The molecular weight excluding hydrogens is 238 g/mol. The van der Waals surface area contributed by atoms with Gasteiger partial charge in [-0.05, 0) is 6.42 Å². The van der Waals surface area contributed by atoms with E-state index in [-0.39, 0.29) is 18.2 Å². The van der Waals surface area contributed by atoms with Crippen molar-refractivity contribution in [3.63, 3.8) is 0 Å². The van der Waals surface area contributed by atoms with Gasteiger partial charge in [0.05, 0.1) is 19.8 Å². The van der Waals surface area contributed by atoms with Gasteiger partial charge in [0, 0.05) is 19.9 Å². The molecule has 0 fully saturated rings. The first kappa shape index (κ1) is 14.3. The normalized spacial score (nSPS) is 11.9. The van der Waals surface area contributed by atoms with Crippen LogP contribution in [0.5, 0.6) is 0 Å². The highest BCUT2D eigenvalue weighted by atomic mass is 16.5. The topological polar surface area (TPSA) is 93.6 Å². The minimum atomic E-state index is -0.515. The Morgan fingerprint density at radius 1 is 1.56 bits per heavy atom. The number of nitrogens with one attached hydrogen (secondary N) is 1. The van der Waals surface area contributed by atoms with Gasteiger partial charge in [-0.3, -0.25) is 0 Å². The Morgan fingerprint density at radius 2 is 2.33 bits per heavy atom. The highest BCUT2D eigenvalue weighted by molar-refractivity contribution is 5.94. The van der Waals surface area contributed by atoms with E-state index in [4.69, 9.17) is 9.84 Å². The van der Waals surface area contributed by atoms with Crippen molar-refractivity contribution in [3.05, 3.63) is 18.1 Å². The van der Waals surface area contributed by atoms with Crippen molar-refractivity contribution in [3.8, 4) is 0 Å². The van der Waals surface area contributed by atoms with E-state index in [0.717, 1.165) is 0 Å². The van der Waals surface area contributed by atoms with Gasteiger partial charge in [-0.25, -0.2) is 14.8 Å². The second-order valence-corrected chi connectivity index (χ2v) is 3.59. The van der Waals surface area contributed by atoms with E-state index < -0.39 is 5.97 Å². The van der Waals surface area contributed by atoms with Crippen LogP contribution in [0, 0.1) is 0 Å². The summed E-state index contributed by atoms with van der Waals surface area (Å²) in [5, 5.41) is 12.0. The zero-order valence-corrected chi connectivity index (χ0v) is 10.4. The summed E-state index contributed by atoms with van der Waals surface area (Å²) in [7, 11) is 2.85. The SMILES string of the molecule is COCC(CCO)Nc1ncncc1C(=O)OC. The van der Waals surface area contributed by atoms with Crippen molar-refractivity contribution in [1.82, 2.24) is 9.97 Å². The Hall–Kier alpha value is -1.73. The molecule has 7 nitrogen and oxygen atoms in total.